The van der Waals surface area contributed by atoms with Crippen LogP contribution in [0.2, 0.25) is 0 Å². The predicted molar refractivity (Wildman–Crippen MR) is 120 cm³/mol. The zero-order valence-corrected chi connectivity index (χ0v) is 17.8. The third-order valence-electron chi connectivity index (χ3n) is 4.91. The molecule has 2 aromatic heterocycles. The summed E-state index contributed by atoms with van der Waals surface area (Å²) in [7, 11) is 0. The molecule has 1 amide bonds. The number of carbonyl (C=O) groups is 1. The van der Waals surface area contributed by atoms with Crippen LogP contribution in [0.4, 0.5) is 5.13 Å². The fourth-order valence-corrected chi connectivity index (χ4v) is 4.27. The van der Waals surface area contributed by atoms with Crippen LogP contribution in [0.1, 0.15) is 32.4 Å². The Bertz CT molecular complexity index is 1290. The number of nitrogens with one attached hydrogen (secondary N) is 1. The van der Waals surface area contributed by atoms with Gasteiger partial charge in [-0.2, -0.15) is 5.10 Å². The van der Waals surface area contributed by atoms with Crippen LogP contribution in [0.15, 0.2) is 47.3 Å². The highest BCUT2D eigenvalue weighted by Crippen LogP contribution is 2.33. The molecule has 0 saturated heterocycles. The van der Waals surface area contributed by atoms with Crippen molar-refractivity contribution in [3.63, 3.8) is 0 Å². The molecule has 154 valence electrons. The molecule has 0 fully saturated rings. The molecule has 0 bridgehead atoms. The zero-order chi connectivity index (χ0) is 21.3. The van der Waals surface area contributed by atoms with Gasteiger partial charge in [-0.25, -0.2) is 9.67 Å². The van der Waals surface area contributed by atoms with Crippen LogP contribution in [0.3, 0.4) is 0 Å². The lowest BCUT2D eigenvalue weighted by Gasteiger charge is -2.14. The molecule has 0 aliphatic carbocycles. The maximum atomic E-state index is 13.0. The van der Waals surface area contributed by atoms with Gasteiger partial charge in [-0.3, -0.25) is 9.59 Å². The molecule has 0 radical (unpaired) electrons. The molecule has 0 saturated carbocycles. The number of hydrogen-bond donors (Lipinski definition) is 1. The molecule has 4 aromatic rings. The number of anilines is 1. The first-order valence-corrected chi connectivity index (χ1v) is 10.7. The van der Waals surface area contributed by atoms with Gasteiger partial charge in [0.05, 0.1) is 28.3 Å². The number of benzene rings is 2. The number of nitrogens with zero attached hydrogens (tertiary/aromatic N) is 3. The van der Waals surface area contributed by atoms with E-state index in [0.717, 1.165) is 10.2 Å². The summed E-state index contributed by atoms with van der Waals surface area (Å²) >= 11 is 1.39. The van der Waals surface area contributed by atoms with E-state index < -0.39 is 5.92 Å². The lowest BCUT2D eigenvalue weighted by atomic mass is 10.0. The van der Waals surface area contributed by atoms with Crippen LogP contribution in [-0.4, -0.2) is 27.3 Å². The Morgan fingerprint density at radius 1 is 1.17 bits per heavy atom. The molecule has 7 nitrogen and oxygen atoms in total. The monoisotopic (exact) mass is 422 g/mol. The third kappa shape index (κ3) is 3.54. The van der Waals surface area contributed by atoms with Crippen LogP contribution >= 0.6 is 11.3 Å². The molecule has 0 unspecified atom stereocenters. The van der Waals surface area contributed by atoms with Crippen molar-refractivity contribution >= 4 is 43.4 Å². The van der Waals surface area contributed by atoms with Gasteiger partial charge in [-0.05, 0) is 39.0 Å². The van der Waals surface area contributed by atoms with E-state index in [1.165, 1.54) is 16.0 Å². The summed E-state index contributed by atoms with van der Waals surface area (Å²) < 4.78 is 7.96. The number of para-hydroxylation sites is 1. The standard InChI is InChI=1S/C22H22N4O3S/c1-4-26-21(28)15-10-7-6-9-14(15)18(25-26)13(3)20(27)24-22-23-19-16(29-5-2)11-8-12-17(19)30-22/h6-13H,4-5H2,1-3H3,(H,23,24,27)/t13-/m1/s1. The van der Waals surface area contributed by atoms with Crippen molar-refractivity contribution < 1.29 is 9.53 Å². The molecule has 30 heavy (non-hydrogen) atoms. The lowest BCUT2D eigenvalue weighted by Crippen LogP contribution is -2.27. The van der Waals surface area contributed by atoms with Crippen molar-refractivity contribution in [1.82, 2.24) is 14.8 Å². The van der Waals surface area contributed by atoms with Crippen molar-refractivity contribution in [2.45, 2.75) is 33.2 Å². The molecular weight excluding hydrogens is 400 g/mol. The maximum absolute atomic E-state index is 13.0. The molecule has 8 heteroatoms. The minimum absolute atomic E-state index is 0.154. The number of ether oxygens (including phenoxy) is 1. The summed E-state index contributed by atoms with van der Waals surface area (Å²) in [5.41, 5.74) is 1.15. The summed E-state index contributed by atoms with van der Waals surface area (Å²) in [4.78, 5) is 30.1. The molecule has 2 aromatic carbocycles. The van der Waals surface area contributed by atoms with Crippen molar-refractivity contribution in [3.05, 3.63) is 58.5 Å². The number of aryl methyl sites for hydroxylation is 1. The lowest BCUT2D eigenvalue weighted by molar-refractivity contribution is -0.117. The summed E-state index contributed by atoms with van der Waals surface area (Å²) in [5, 5.41) is 9.13. The Kier molecular flexibility index (Phi) is 5.50. The average Bonchev–Trinajstić information content (AvgIpc) is 3.17. The van der Waals surface area contributed by atoms with Gasteiger partial charge in [0.15, 0.2) is 5.13 Å². The highest BCUT2D eigenvalue weighted by molar-refractivity contribution is 7.22. The first-order chi connectivity index (χ1) is 14.5. The Labute approximate surface area is 177 Å². The van der Waals surface area contributed by atoms with Crippen LogP contribution in [0.25, 0.3) is 21.0 Å². The normalized spacial score (nSPS) is 12.2. The van der Waals surface area contributed by atoms with E-state index >= 15 is 0 Å². The van der Waals surface area contributed by atoms with Crippen molar-refractivity contribution in [3.8, 4) is 5.75 Å². The fourth-order valence-electron chi connectivity index (χ4n) is 3.38. The molecule has 1 atom stereocenters. The van der Waals surface area contributed by atoms with Gasteiger partial charge >= 0.3 is 0 Å². The van der Waals surface area contributed by atoms with E-state index in [1.54, 1.807) is 13.0 Å². The van der Waals surface area contributed by atoms with Crippen LogP contribution in [0.5, 0.6) is 5.75 Å². The van der Waals surface area contributed by atoms with E-state index in [4.69, 9.17) is 4.74 Å². The molecule has 0 spiro atoms. The summed E-state index contributed by atoms with van der Waals surface area (Å²) in [6.45, 7) is 6.54. The quantitative estimate of drug-likeness (QED) is 0.504. The smallest absolute Gasteiger partial charge is 0.274 e. The number of rotatable bonds is 6. The molecule has 0 aliphatic heterocycles. The minimum atomic E-state index is -0.563. The van der Waals surface area contributed by atoms with Gasteiger partial charge < -0.3 is 10.1 Å². The number of aromatic nitrogens is 3. The van der Waals surface area contributed by atoms with Crippen molar-refractivity contribution in [2.24, 2.45) is 0 Å². The third-order valence-corrected chi connectivity index (χ3v) is 5.85. The SMILES string of the molecule is CCOc1cccc2sc(NC(=O)[C@H](C)c3nn(CC)c(=O)c4ccccc34)nc12. The predicted octanol–water partition coefficient (Wildman–Crippen LogP) is 4.17. The van der Waals surface area contributed by atoms with Gasteiger partial charge in [0.1, 0.15) is 11.3 Å². The second-order valence-corrected chi connectivity index (χ2v) is 7.85. The minimum Gasteiger partial charge on any atom is -0.492 e. The zero-order valence-electron chi connectivity index (χ0n) is 17.0. The molecule has 2 heterocycles. The van der Waals surface area contributed by atoms with Gasteiger partial charge in [0, 0.05) is 11.9 Å². The van der Waals surface area contributed by atoms with E-state index in [-0.39, 0.29) is 11.5 Å². The van der Waals surface area contributed by atoms with Crippen LogP contribution in [0, 0.1) is 0 Å². The van der Waals surface area contributed by atoms with Gasteiger partial charge in [-0.15, -0.1) is 0 Å². The maximum Gasteiger partial charge on any atom is 0.274 e. The number of fused-ring (bicyclic) bond motifs is 2. The van der Waals surface area contributed by atoms with Crippen molar-refractivity contribution in [2.75, 3.05) is 11.9 Å². The Hall–Kier alpha value is -3.26. The van der Waals surface area contributed by atoms with Crippen molar-refractivity contribution in [1.29, 1.82) is 0 Å². The number of amides is 1. The highest BCUT2D eigenvalue weighted by atomic mass is 32.1. The van der Waals surface area contributed by atoms with Gasteiger partial charge in [0.25, 0.3) is 5.56 Å². The molecule has 0 aliphatic rings. The first kappa shape index (κ1) is 20.0. The second kappa shape index (κ2) is 8.23. The summed E-state index contributed by atoms with van der Waals surface area (Å²) in [5.74, 6) is -0.0971. The van der Waals surface area contributed by atoms with E-state index in [9.17, 15) is 9.59 Å². The number of carbonyl (C=O) groups excluding carboxylic acids is 1. The second-order valence-electron chi connectivity index (χ2n) is 6.82. The van der Waals surface area contributed by atoms with E-state index in [2.05, 4.69) is 15.4 Å². The molecule has 4 rings (SSSR count). The Balaban J connectivity index is 1.68. The number of hydrogen-bond acceptors (Lipinski definition) is 6. The average molecular weight is 423 g/mol. The topological polar surface area (TPSA) is 86.1 Å². The molecule has 1 N–H and O–H groups in total. The fraction of sp³-hybridized carbons (Fsp3) is 0.273. The van der Waals surface area contributed by atoms with Gasteiger partial charge in [0.2, 0.25) is 5.91 Å². The highest BCUT2D eigenvalue weighted by Gasteiger charge is 2.23. The van der Waals surface area contributed by atoms with E-state index in [1.807, 2.05) is 50.2 Å². The molecular formula is C22H22N4O3S. The Morgan fingerprint density at radius 3 is 2.67 bits per heavy atom. The number of thiazole rings is 1. The Morgan fingerprint density at radius 2 is 1.93 bits per heavy atom. The first-order valence-electron chi connectivity index (χ1n) is 9.86. The van der Waals surface area contributed by atoms with Gasteiger partial charge in [-0.1, -0.05) is 35.6 Å². The summed E-state index contributed by atoms with van der Waals surface area (Å²) in [6.07, 6.45) is 0. The van der Waals surface area contributed by atoms with Crippen LogP contribution in [-0.2, 0) is 11.3 Å². The summed E-state index contributed by atoms with van der Waals surface area (Å²) in [6, 6.07) is 13.0. The van der Waals surface area contributed by atoms with Crippen LogP contribution < -0.4 is 15.6 Å². The largest absolute Gasteiger partial charge is 0.492 e. The van der Waals surface area contributed by atoms with E-state index in [0.29, 0.717) is 40.5 Å².